The van der Waals surface area contributed by atoms with Crippen molar-refractivity contribution in [3.8, 4) is 0 Å². The fourth-order valence-electron chi connectivity index (χ4n) is 10.3. The van der Waals surface area contributed by atoms with Gasteiger partial charge in [0.2, 0.25) is 0 Å². The average molecular weight is 1120 g/mol. The number of unbranched alkanes of at least 4 members (excludes halogenated alkanes) is 41. The van der Waals surface area contributed by atoms with Crippen molar-refractivity contribution < 1.29 is 28.6 Å². The van der Waals surface area contributed by atoms with E-state index >= 15 is 0 Å². The maximum atomic E-state index is 12.9. The zero-order chi connectivity index (χ0) is 57.8. The second-order valence-electron chi connectivity index (χ2n) is 23.4. The van der Waals surface area contributed by atoms with Gasteiger partial charge in [0.25, 0.3) is 0 Å². The number of hydrogen-bond acceptors (Lipinski definition) is 6. The Kier molecular flexibility index (Phi) is 65.7. The van der Waals surface area contributed by atoms with Gasteiger partial charge in [-0.3, -0.25) is 14.4 Å². The van der Waals surface area contributed by atoms with Gasteiger partial charge in [-0.1, -0.05) is 344 Å². The van der Waals surface area contributed by atoms with Crippen molar-refractivity contribution in [2.45, 2.75) is 367 Å². The second kappa shape index (κ2) is 68.3. The molecule has 6 nitrogen and oxygen atoms in total. The summed E-state index contributed by atoms with van der Waals surface area (Å²) in [6.07, 6.45) is 89.3. The van der Waals surface area contributed by atoms with Crippen LogP contribution in [-0.4, -0.2) is 37.2 Å². The zero-order valence-electron chi connectivity index (χ0n) is 53.3. The lowest BCUT2D eigenvalue weighted by Crippen LogP contribution is -2.30. The Morgan fingerprint density at radius 1 is 0.263 bits per heavy atom. The molecule has 0 aromatic heterocycles. The highest BCUT2D eigenvalue weighted by molar-refractivity contribution is 5.71. The quantitative estimate of drug-likeness (QED) is 0.0261. The van der Waals surface area contributed by atoms with Crippen molar-refractivity contribution in [1.82, 2.24) is 0 Å². The first-order valence-corrected chi connectivity index (χ1v) is 34.9. The predicted molar refractivity (Wildman–Crippen MR) is 348 cm³/mol. The smallest absolute Gasteiger partial charge is 0.306 e. The van der Waals surface area contributed by atoms with Gasteiger partial charge in [-0.25, -0.2) is 0 Å². The highest BCUT2D eigenvalue weighted by Crippen LogP contribution is 2.18. The SMILES string of the molecule is CC/C=C\C/C=C\C/C=C\C/C=C\C/C=C\C/C=C\CCCCCCC(=O)OC(COC(=O)CCCCCCCCCCCCCC)COC(=O)CCCCCCCCCCCCCCCCCCCCCCCCCCCCC. The van der Waals surface area contributed by atoms with Crippen LogP contribution in [0, 0.1) is 0 Å². The van der Waals surface area contributed by atoms with E-state index in [-0.39, 0.29) is 31.1 Å². The van der Waals surface area contributed by atoms with Crippen LogP contribution in [0.25, 0.3) is 0 Å². The predicted octanol–water partition coefficient (Wildman–Crippen LogP) is 24.1. The number of ether oxygens (including phenoxy) is 3. The highest BCUT2D eigenvalue weighted by atomic mass is 16.6. The van der Waals surface area contributed by atoms with Crippen molar-refractivity contribution in [3.05, 3.63) is 72.9 Å². The first-order valence-electron chi connectivity index (χ1n) is 34.9. The van der Waals surface area contributed by atoms with Gasteiger partial charge in [0.15, 0.2) is 6.10 Å². The molecular weight excluding hydrogens is 985 g/mol. The third kappa shape index (κ3) is 65.7. The summed E-state index contributed by atoms with van der Waals surface area (Å²) >= 11 is 0. The molecular formula is C74H132O6. The van der Waals surface area contributed by atoms with Gasteiger partial charge in [0.1, 0.15) is 13.2 Å². The van der Waals surface area contributed by atoms with Crippen LogP contribution >= 0.6 is 0 Å². The minimum Gasteiger partial charge on any atom is -0.462 e. The molecule has 0 fully saturated rings. The molecule has 0 bridgehead atoms. The molecule has 0 aliphatic carbocycles. The first kappa shape index (κ1) is 76.9. The van der Waals surface area contributed by atoms with E-state index in [9.17, 15) is 14.4 Å². The minimum atomic E-state index is -0.788. The maximum absolute atomic E-state index is 12.9. The Bertz CT molecular complexity index is 1470. The second-order valence-corrected chi connectivity index (χ2v) is 23.4. The third-order valence-corrected chi connectivity index (χ3v) is 15.5. The van der Waals surface area contributed by atoms with E-state index in [1.54, 1.807) is 0 Å². The van der Waals surface area contributed by atoms with E-state index in [2.05, 4.69) is 93.7 Å². The lowest BCUT2D eigenvalue weighted by atomic mass is 10.0. The summed E-state index contributed by atoms with van der Waals surface area (Å²) in [5, 5.41) is 0. The maximum Gasteiger partial charge on any atom is 0.306 e. The van der Waals surface area contributed by atoms with Crippen molar-refractivity contribution in [1.29, 1.82) is 0 Å². The third-order valence-electron chi connectivity index (χ3n) is 15.5. The molecule has 0 rings (SSSR count). The largest absolute Gasteiger partial charge is 0.462 e. The van der Waals surface area contributed by atoms with Crippen LogP contribution in [0.1, 0.15) is 361 Å². The van der Waals surface area contributed by atoms with Gasteiger partial charge in [-0.15, -0.1) is 0 Å². The van der Waals surface area contributed by atoms with E-state index in [1.165, 1.54) is 212 Å². The van der Waals surface area contributed by atoms with E-state index in [0.717, 1.165) is 109 Å². The van der Waals surface area contributed by atoms with Crippen molar-refractivity contribution in [2.75, 3.05) is 13.2 Å². The molecule has 0 heterocycles. The van der Waals surface area contributed by atoms with Crippen LogP contribution in [-0.2, 0) is 28.6 Å². The van der Waals surface area contributed by atoms with Gasteiger partial charge < -0.3 is 14.2 Å². The minimum absolute atomic E-state index is 0.0814. The Balaban J connectivity index is 4.26. The molecule has 0 amide bonds. The summed E-state index contributed by atoms with van der Waals surface area (Å²) in [5.74, 6) is -0.886. The molecule has 0 spiro atoms. The highest BCUT2D eigenvalue weighted by Gasteiger charge is 2.19. The lowest BCUT2D eigenvalue weighted by molar-refractivity contribution is -0.167. The van der Waals surface area contributed by atoms with E-state index < -0.39 is 6.10 Å². The Hall–Kier alpha value is -3.15. The number of allylic oxidation sites excluding steroid dienone is 12. The van der Waals surface area contributed by atoms with Crippen LogP contribution in [0.4, 0.5) is 0 Å². The molecule has 0 aromatic rings. The van der Waals surface area contributed by atoms with Crippen LogP contribution in [0.15, 0.2) is 72.9 Å². The number of esters is 3. The summed E-state index contributed by atoms with van der Waals surface area (Å²) in [6.45, 7) is 6.56. The van der Waals surface area contributed by atoms with Gasteiger partial charge in [-0.05, 0) is 70.6 Å². The zero-order valence-corrected chi connectivity index (χ0v) is 53.3. The normalized spacial score (nSPS) is 12.5. The molecule has 1 atom stereocenters. The molecule has 464 valence electrons. The standard InChI is InChI=1S/C74H132O6/c1-4-7-10-13-16-19-22-25-27-29-31-33-35-36-37-38-40-41-43-45-47-49-52-55-58-61-64-67-73(76)79-70-71(69-78-72(75)66-63-60-57-54-51-24-21-18-15-12-9-6-3)80-74(77)68-65-62-59-56-53-50-48-46-44-42-39-34-32-30-28-26-23-20-17-14-11-8-5-2/h8,11,17,20,26,28,32,34,42,44,48,50,71H,4-7,9-10,12-16,18-19,21-25,27,29-31,33,35-41,43,45-47,49,51-70H2,1-3H3/b11-8-,20-17-,28-26-,34-32-,44-42-,50-48-. The molecule has 80 heavy (non-hydrogen) atoms. The van der Waals surface area contributed by atoms with Crippen molar-refractivity contribution in [2.24, 2.45) is 0 Å². The van der Waals surface area contributed by atoms with Gasteiger partial charge >= 0.3 is 17.9 Å². The van der Waals surface area contributed by atoms with Crippen LogP contribution < -0.4 is 0 Å². The van der Waals surface area contributed by atoms with Crippen molar-refractivity contribution >= 4 is 17.9 Å². The molecule has 0 saturated carbocycles. The molecule has 0 N–H and O–H groups in total. The summed E-state index contributed by atoms with van der Waals surface area (Å²) in [6, 6.07) is 0. The summed E-state index contributed by atoms with van der Waals surface area (Å²) in [4.78, 5) is 38.4. The van der Waals surface area contributed by atoms with Gasteiger partial charge in [0.05, 0.1) is 0 Å². The molecule has 0 aliphatic heterocycles. The summed E-state index contributed by atoms with van der Waals surface area (Å²) in [7, 11) is 0. The van der Waals surface area contributed by atoms with Crippen LogP contribution in [0.5, 0.6) is 0 Å². The average Bonchev–Trinajstić information content (AvgIpc) is 3.46. The molecule has 0 aliphatic rings. The number of carbonyl (C=O) groups is 3. The van der Waals surface area contributed by atoms with E-state index in [1.807, 2.05) is 0 Å². The summed E-state index contributed by atoms with van der Waals surface area (Å²) < 4.78 is 16.9. The molecule has 0 aromatic carbocycles. The molecule has 6 heteroatoms. The molecule has 1 unspecified atom stereocenters. The monoisotopic (exact) mass is 1120 g/mol. The lowest BCUT2D eigenvalue weighted by Gasteiger charge is -2.18. The first-order chi connectivity index (χ1) is 39.5. The van der Waals surface area contributed by atoms with E-state index in [0.29, 0.717) is 19.3 Å². The number of hydrogen-bond donors (Lipinski definition) is 0. The molecule has 0 radical (unpaired) electrons. The fraction of sp³-hybridized carbons (Fsp3) is 0.797. The van der Waals surface area contributed by atoms with Gasteiger partial charge in [-0.2, -0.15) is 0 Å². The number of rotatable bonds is 64. The molecule has 0 saturated heterocycles. The number of carbonyl (C=O) groups excluding carboxylic acids is 3. The fourth-order valence-corrected chi connectivity index (χ4v) is 10.3. The van der Waals surface area contributed by atoms with Crippen LogP contribution in [0.2, 0.25) is 0 Å². The van der Waals surface area contributed by atoms with Crippen molar-refractivity contribution in [3.63, 3.8) is 0 Å². The van der Waals surface area contributed by atoms with Gasteiger partial charge in [0, 0.05) is 19.3 Å². The Morgan fingerprint density at radius 2 is 0.487 bits per heavy atom. The van der Waals surface area contributed by atoms with E-state index in [4.69, 9.17) is 14.2 Å². The summed E-state index contributed by atoms with van der Waals surface area (Å²) in [5.41, 5.74) is 0. The topological polar surface area (TPSA) is 78.9 Å². The Labute approximate surface area is 497 Å². The Morgan fingerprint density at radius 3 is 0.762 bits per heavy atom. The van der Waals surface area contributed by atoms with Crippen LogP contribution in [0.3, 0.4) is 0 Å².